The van der Waals surface area contributed by atoms with E-state index in [4.69, 9.17) is 0 Å². The van der Waals surface area contributed by atoms with Crippen LogP contribution in [0.2, 0.25) is 0 Å². The molecule has 1 aromatic rings. The quantitative estimate of drug-likeness (QED) is 0.215. The first-order chi connectivity index (χ1) is 20.1. The largest absolute Gasteiger partial charge is 0.573 e. The molecule has 0 aromatic heterocycles. The molecule has 9 heteroatoms. The summed E-state index contributed by atoms with van der Waals surface area (Å²) in [6, 6.07) is 5.67. The van der Waals surface area contributed by atoms with E-state index in [9.17, 15) is 26.7 Å². The first-order valence-electron chi connectivity index (χ1n) is 15.7. The van der Waals surface area contributed by atoms with E-state index in [1.54, 1.807) is 19.1 Å². The SMILES string of the molecule is CC.CCC(C)=C(/C=C(/C)C(C)CC)C1CCN(C(=O)CN2CCC(F)(F)CC2)CC1.Cc1ccc(OC(F)(F)F)cc1. The number of hydrogen-bond acceptors (Lipinski definition) is 3. The van der Waals surface area contributed by atoms with Crippen molar-refractivity contribution >= 4 is 5.91 Å². The zero-order chi connectivity index (χ0) is 32.8. The van der Waals surface area contributed by atoms with Gasteiger partial charge >= 0.3 is 6.36 Å². The Hall–Kier alpha value is -2.42. The fraction of sp³-hybridized carbons (Fsp3) is 0.676. The highest BCUT2D eigenvalue weighted by Gasteiger charge is 2.35. The lowest BCUT2D eigenvalue weighted by Crippen LogP contribution is -2.47. The van der Waals surface area contributed by atoms with Crippen LogP contribution in [0.5, 0.6) is 5.75 Å². The Morgan fingerprint density at radius 3 is 2.02 bits per heavy atom. The molecule has 2 aliphatic rings. The van der Waals surface area contributed by atoms with Crippen LogP contribution in [0.25, 0.3) is 0 Å². The highest BCUT2D eigenvalue weighted by atomic mass is 19.4. The number of halogens is 5. The summed E-state index contributed by atoms with van der Waals surface area (Å²) in [7, 11) is 0. The summed E-state index contributed by atoms with van der Waals surface area (Å²) in [6.07, 6.45) is 1.72. The molecule has 246 valence electrons. The van der Waals surface area contributed by atoms with Crippen LogP contribution < -0.4 is 4.74 Å². The average molecular weight is 617 g/mol. The summed E-state index contributed by atoms with van der Waals surface area (Å²) < 4.78 is 65.1. The third kappa shape index (κ3) is 14.3. The van der Waals surface area contributed by atoms with Crippen molar-refractivity contribution in [1.29, 1.82) is 0 Å². The smallest absolute Gasteiger partial charge is 0.406 e. The molecule has 1 amide bonds. The number of hydrogen-bond donors (Lipinski definition) is 0. The molecule has 0 N–H and O–H groups in total. The van der Waals surface area contributed by atoms with Crippen molar-refractivity contribution in [2.45, 2.75) is 106 Å². The molecule has 0 saturated carbocycles. The minimum absolute atomic E-state index is 0.0951. The number of carbonyl (C=O) groups excluding carboxylic acids is 1. The monoisotopic (exact) mass is 616 g/mol. The minimum Gasteiger partial charge on any atom is -0.406 e. The van der Waals surface area contributed by atoms with E-state index in [2.05, 4.69) is 45.4 Å². The number of alkyl halides is 5. The number of likely N-dealkylation sites (tertiary alicyclic amines) is 2. The van der Waals surface area contributed by atoms with Crippen LogP contribution in [0, 0.1) is 18.8 Å². The van der Waals surface area contributed by atoms with Gasteiger partial charge in [0.05, 0.1) is 6.54 Å². The average Bonchev–Trinajstić information content (AvgIpc) is 2.98. The minimum atomic E-state index is -4.60. The molecule has 0 spiro atoms. The van der Waals surface area contributed by atoms with Crippen molar-refractivity contribution in [1.82, 2.24) is 9.80 Å². The van der Waals surface area contributed by atoms with Gasteiger partial charge in [0.25, 0.3) is 5.92 Å². The van der Waals surface area contributed by atoms with E-state index < -0.39 is 12.3 Å². The third-order valence-electron chi connectivity index (χ3n) is 8.28. The number of ether oxygens (including phenoxy) is 1. The zero-order valence-corrected chi connectivity index (χ0v) is 27.4. The first-order valence-corrected chi connectivity index (χ1v) is 15.7. The predicted octanol–water partition coefficient (Wildman–Crippen LogP) is 9.59. The summed E-state index contributed by atoms with van der Waals surface area (Å²) >= 11 is 0. The fourth-order valence-electron chi connectivity index (χ4n) is 5.01. The Kier molecular flexibility index (Phi) is 16.5. The van der Waals surface area contributed by atoms with Gasteiger partial charge < -0.3 is 9.64 Å². The molecule has 43 heavy (non-hydrogen) atoms. The van der Waals surface area contributed by atoms with E-state index in [-0.39, 0.29) is 31.0 Å². The van der Waals surface area contributed by atoms with E-state index in [1.165, 1.54) is 28.9 Å². The number of amides is 1. The van der Waals surface area contributed by atoms with Crippen molar-refractivity contribution in [3.63, 3.8) is 0 Å². The highest BCUT2D eigenvalue weighted by Crippen LogP contribution is 2.32. The van der Waals surface area contributed by atoms with Gasteiger partial charge in [0.15, 0.2) is 0 Å². The number of allylic oxidation sites excluding steroid dienone is 4. The molecule has 0 bridgehead atoms. The highest BCUT2D eigenvalue weighted by molar-refractivity contribution is 5.78. The molecule has 2 saturated heterocycles. The maximum atomic E-state index is 13.3. The van der Waals surface area contributed by atoms with Gasteiger partial charge in [-0.3, -0.25) is 9.69 Å². The number of carbonyl (C=O) groups is 1. The molecule has 2 aliphatic heterocycles. The van der Waals surface area contributed by atoms with Crippen molar-refractivity contribution in [2.75, 3.05) is 32.7 Å². The van der Waals surface area contributed by atoms with E-state index in [1.807, 2.05) is 23.6 Å². The van der Waals surface area contributed by atoms with Crippen molar-refractivity contribution in [3.8, 4) is 5.75 Å². The lowest BCUT2D eigenvalue weighted by Gasteiger charge is -2.36. The molecule has 2 fully saturated rings. The summed E-state index contributed by atoms with van der Waals surface area (Å²) in [5, 5.41) is 0. The summed E-state index contributed by atoms with van der Waals surface area (Å²) in [5.41, 5.74) is 5.25. The van der Waals surface area contributed by atoms with Gasteiger partial charge in [-0.25, -0.2) is 8.78 Å². The second-order valence-electron chi connectivity index (χ2n) is 11.4. The van der Waals surface area contributed by atoms with Crippen molar-refractivity contribution in [2.24, 2.45) is 11.8 Å². The van der Waals surface area contributed by atoms with Gasteiger partial charge in [-0.15, -0.1) is 13.2 Å². The topological polar surface area (TPSA) is 32.8 Å². The first kappa shape index (κ1) is 38.6. The Labute approximate surface area is 256 Å². The zero-order valence-electron chi connectivity index (χ0n) is 27.4. The summed E-state index contributed by atoms with van der Waals surface area (Å²) in [4.78, 5) is 16.5. The van der Waals surface area contributed by atoms with Crippen LogP contribution in [0.1, 0.15) is 92.6 Å². The number of aryl methyl sites for hydroxylation is 1. The number of nitrogens with zero attached hydrogens (tertiary/aromatic N) is 2. The fourth-order valence-corrected chi connectivity index (χ4v) is 5.01. The van der Waals surface area contributed by atoms with Crippen LogP contribution >= 0.6 is 0 Å². The van der Waals surface area contributed by atoms with Gasteiger partial charge in [-0.1, -0.05) is 69.5 Å². The maximum absolute atomic E-state index is 13.3. The van der Waals surface area contributed by atoms with E-state index in [0.29, 0.717) is 24.9 Å². The third-order valence-corrected chi connectivity index (χ3v) is 8.28. The van der Waals surface area contributed by atoms with Gasteiger partial charge in [0.1, 0.15) is 5.75 Å². The summed E-state index contributed by atoms with van der Waals surface area (Å²) in [5.74, 6) is -1.55. The summed E-state index contributed by atoms with van der Waals surface area (Å²) in [6.45, 7) is 19.4. The molecule has 1 unspecified atom stereocenters. The van der Waals surface area contributed by atoms with Gasteiger partial charge in [-0.2, -0.15) is 0 Å². The van der Waals surface area contributed by atoms with Crippen molar-refractivity contribution in [3.05, 3.63) is 52.6 Å². The van der Waals surface area contributed by atoms with Gasteiger partial charge in [0.2, 0.25) is 5.91 Å². The Morgan fingerprint density at radius 2 is 1.56 bits per heavy atom. The number of piperidine rings is 2. The van der Waals surface area contributed by atoms with Crippen LogP contribution in [-0.2, 0) is 4.79 Å². The Balaban J connectivity index is 0.000000549. The van der Waals surface area contributed by atoms with Crippen LogP contribution in [0.3, 0.4) is 0 Å². The van der Waals surface area contributed by atoms with Crippen LogP contribution in [0.15, 0.2) is 47.1 Å². The van der Waals surface area contributed by atoms with Gasteiger partial charge in [-0.05, 0) is 76.0 Å². The predicted molar refractivity (Wildman–Crippen MR) is 165 cm³/mol. The molecule has 0 radical (unpaired) electrons. The molecule has 3 rings (SSSR count). The number of benzene rings is 1. The second kappa shape index (κ2) is 18.4. The van der Waals surface area contributed by atoms with E-state index in [0.717, 1.165) is 44.3 Å². The van der Waals surface area contributed by atoms with Gasteiger partial charge in [0, 0.05) is 39.0 Å². The Bertz CT molecular complexity index is 1020. The normalized spacial score (nSPS) is 19.3. The number of rotatable bonds is 8. The van der Waals surface area contributed by atoms with Crippen LogP contribution in [0.4, 0.5) is 22.0 Å². The molecular formula is C34H53F5N2O2. The molecule has 4 nitrogen and oxygen atoms in total. The molecular weight excluding hydrogens is 563 g/mol. The Morgan fingerprint density at radius 1 is 1.02 bits per heavy atom. The maximum Gasteiger partial charge on any atom is 0.573 e. The van der Waals surface area contributed by atoms with Crippen molar-refractivity contribution < 1.29 is 31.5 Å². The molecule has 2 heterocycles. The molecule has 1 aromatic carbocycles. The second-order valence-corrected chi connectivity index (χ2v) is 11.4. The lowest BCUT2D eigenvalue weighted by atomic mass is 9.83. The molecule has 0 aliphatic carbocycles. The molecule has 1 atom stereocenters. The van der Waals surface area contributed by atoms with Crippen LogP contribution in [-0.4, -0.2) is 60.7 Å². The standard InChI is InChI=1S/C24H40F2N2O.C8H7F3O.C2H6/c1-6-18(3)20(5)16-22(19(4)7-2)21-8-12-28(13-9-21)23(29)17-27-14-10-24(25,26)11-15-27;1-6-2-4-7(5-3-6)12-8(9,10)11;1-2/h16,18,21H,6-15,17H2,1-5H3;2-5H,1H3;1-2H3/b20-16-,22-19?;;. The van der Waals surface area contributed by atoms with E-state index >= 15 is 0 Å². The lowest BCUT2D eigenvalue weighted by molar-refractivity contribution is -0.274.